The smallest absolute Gasteiger partial charge is 0.135 e. The van der Waals surface area contributed by atoms with Gasteiger partial charge in [0.05, 0.1) is 5.69 Å². The molecular formula is C14H24N2O. The SMILES string of the molecule is CCC(C)n1ccc(CCCC(=O)C(C)C)n1. The Morgan fingerprint density at radius 2 is 2.12 bits per heavy atom. The molecule has 0 bridgehead atoms. The highest BCUT2D eigenvalue weighted by molar-refractivity contribution is 5.80. The molecule has 0 aromatic carbocycles. The summed E-state index contributed by atoms with van der Waals surface area (Å²) in [6.45, 7) is 8.24. The van der Waals surface area contributed by atoms with Gasteiger partial charge < -0.3 is 0 Å². The topological polar surface area (TPSA) is 34.9 Å². The zero-order chi connectivity index (χ0) is 12.8. The minimum absolute atomic E-state index is 0.160. The van der Waals surface area contributed by atoms with Gasteiger partial charge in [-0.2, -0.15) is 5.10 Å². The van der Waals surface area contributed by atoms with Crippen LogP contribution in [0.15, 0.2) is 12.3 Å². The molecule has 1 unspecified atom stereocenters. The van der Waals surface area contributed by atoms with E-state index in [2.05, 4.69) is 25.0 Å². The van der Waals surface area contributed by atoms with E-state index in [0.29, 0.717) is 18.2 Å². The minimum Gasteiger partial charge on any atom is -0.299 e. The number of hydrogen-bond acceptors (Lipinski definition) is 2. The third-order valence-corrected chi connectivity index (χ3v) is 3.21. The van der Waals surface area contributed by atoms with Gasteiger partial charge in [0, 0.05) is 24.6 Å². The molecule has 0 N–H and O–H groups in total. The number of ketones is 1. The first kappa shape index (κ1) is 13.9. The minimum atomic E-state index is 0.160. The lowest BCUT2D eigenvalue weighted by Crippen LogP contribution is -2.07. The fraction of sp³-hybridized carbons (Fsp3) is 0.714. The van der Waals surface area contributed by atoms with Crippen molar-refractivity contribution in [2.75, 3.05) is 0 Å². The Balaban J connectivity index is 2.37. The molecule has 96 valence electrons. The molecule has 1 heterocycles. The van der Waals surface area contributed by atoms with Crippen molar-refractivity contribution < 1.29 is 4.79 Å². The maximum atomic E-state index is 11.5. The van der Waals surface area contributed by atoms with Crippen molar-refractivity contribution in [2.45, 2.75) is 59.4 Å². The van der Waals surface area contributed by atoms with Gasteiger partial charge in [-0.3, -0.25) is 9.48 Å². The largest absolute Gasteiger partial charge is 0.299 e. The standard InChI is InChI=1S/C14H24N2O/c1-5-12(4)16-10-9-13(15-16)7-6-8-14(17)11(2)3/h9-12H,5-8H2,1-4H3. The molecule has 1 atom stereocenters. The molecule has 0 spiro atoms. The van der Waals surface area contributed by atoms with Gasteiger partial charge in [0.2, 0.25) is 0 Å². The van der Waals surface area contributed by atoms with Crippen LogP contribution in [-0.4, -0.2) is 15.6 Å². The number of aromatic nitrogens is 2. The normalized spacial score (nSPS) is 13.0. The first-order chi connectivity index (χ1) is 8.04. The van der Waals surface area contributed by atoms with Crippen LogP contribution in [0.4, 0.5) is 0 Å². The number of nitrogens with zero attached hydrogens (tertiary/aromatic N) is 2. The molecule has 1 aromatic rings. The van der Waals surface area contributed by atoms with Crippen molar-refractivity contribution in [3.05, 3.63) is 18.0 Å². The van der Waals surface area contributed by atoms with Crippen LogP contribution in [0.25, 0.3) is 0 Å². The number of rotatable bonds is 7. The highest BCUT2D eigenvalue weighted by Crippen LogP contribution is 2.11. The highest BCUT2D eigenvalue weighted by Gasteiger charge is 2.08. The quantitative estimate of drug-likeness (QED) is 0.727. The van der Waals surface area contributed by atoms with Gasteiger partial charge in [0.15, 0.2) is 0 Å². The van der Waals surface area contributed by atoms with Gasteiger partial charge >= 0.3 is 0 Å². The van der Waals surface area contributed by atoms with E-state index in [1.54, 1.807) is 0 Å². The van der Waals surface area contributed by atoms with Crippen LogP contribution >= 0.6 is 0 Å². The van der Waals surface area contributed by atoms with E-state index in [0.717, 1.165) is 25.0 Å². The van der Waals surface area contributed by atoms with E-state index >= 15 is 0 Å². The lowest BCUT2D eigenvalue weighted by atomic mass is 10.0. The Labute approximate surface area is 104 Å². The van der Waals surface area contributed by atoms with Crippen LogP contribution in [0.5, 0.6) is 0 Å². The fourth-order valence-corrected chi connectivity index (χ4v) is 1.68. The molecule has 17 heavy (non-hydrogen) atoms. The zero-order valence-electron chi connectivity index (χ0n) is 11.4. The fourth-order valence-electron chi connectivity index (χ4n) is 1.68. The molecule has 1 rings (SSSR count). The van der Waals surface area contributed by atoms with Crippen molar-refractivity contribution in [1.82, 2.24) is 9.78 Å². The highest BCUT2D eigenvalue weighted by atomic mass is 16.1. The lowest BCUT2D eigenvalue weighted by Gasteiger charge is -2.08. The van der Waals surface area contributed by atoms with E-state index in [-0.39, 0.29) is 5.92 Å². The molecule has 0 amide bonds. The monoisotopic (exact) mass is 236 g/mol. The summed E-state index contributed by atoms with van der Waals surface area (Å²) in [5.74, 6) is 0.513. The van der Waals surface area contributed by atoms with Crippen LogP contribution in [-0.2, 0) is 11.2 Å². The number of Topliss-reactive ketones (excluding diaryl/α,β-unsaturated/α-hetero) is 1. The van der Waals surface area contributed by atoms with Gasteiger partial charge in [-0.25, -0.2) is 0 Å². The number of carbonyl (C=O) groups is 1. The van der Waals surface area contributed by atoms with E-state index < -0.39 is 0 Å². The van der Waals surface area contributed by atoms with Crippen LogP contribution < -0.4 is 0 Å². The summed E-state index contributed by atoms with van der Waals surface area (Å²) in [5.41, 5.74) is 1.10. The Hall–Kier alpha value is -1.12. The van der Waals surface area contributed by atoms with Crippen LogP contribution in [0.2, 0.25) is 0 Å². The Morgan fingerprint density at radius 3 is 2.71 bits per heavy atom. The number of hydrogen-bond donors (Lipinski definition) is 0. The predicted molar refractivity (Wildman–Crippen MR) is 70.0 cm³/mol. The Bertz CT molecular complexity index is 355. The van der Waals surface area contributed by atoms with Crippen LogP contribution in [0.3, 0.4) is 0 Å². The predicted octanol–water partition coefficient (Wildman–Crippen LogP) is 3.40. The average molecular weight is 236 g/mol. The molecule has 0 aliphatic rings. The molecule has 0 saturated carbocycles. The van der Waals surface area contributed by atoms with Gasteiger partial charge in [0.1, 0.15) is 5.78 Å². The number of aryl methyl sites for hydroxylation is 1. The Morgan fingerprint density at radius 1 is 1.41 bits per heavy atom. The molecular weight excluding hydrogens is 212 g/mol. The van der Waals surface area contributed by atoms with Crippen molar-refractivity contribution in [2.24, 2.45) is 5.92 Å². The van der Waals surface area contributed by atoms with E-state index in [1.807, 2.05) is 24.7 Å². The summed E-state index contributed by atoms with van der Waals surface area (Å²) >= 11 is 0. The molecule has 1 aromatic heterocycles. The van der Waals surface area contributed by atoms with Crippen LogP contribution in [0.1, 0.15) is 58.7 Å². The van der Waals surface area contributed by atoms with E-state index in [9.17, 15) is 4.79 Å². The lowest BCUT2D eigenvalue weighted by molar-refractivity contribution is -0.121. The third-order valence-electron chi connectivity index (χ3n) is 3.21. The van der Waals surface area contributed by atoms with Crippen molar-refractivity contribution in [1.29, 1.82) is 0 Å². The molecule has 0 radical (unpaired) electrons. The molecule has 0 aliphatic carbocycles. The van der Waals surface area contributed by atoms with Crippen molar-refractivity contribution >= 4 is 5.78 Å². The number of carbonyl (C=O) groups excluding carboxylic acids is 1. The molecule has 0 saturated heterocycles. The van der Waals surface area contributed by atoms with Gasteiger partial charge in [0.25, 0.3) is 0 Å². The summed E-state index contributed by atoms with van der Waals surface area (Å²) in [7, 11) is 0. The first-order valence-electron chi connectivity index (χ1n) is 6.61. The second kappa shape index (κ2) is 6.58. The van der Waals surface area contributed by atoms with Crippen molar-refractivity contribution in [3.63, 3.8) is 0 Å². The Kier molecular flexibility index (Phi) is 5.39. The van der Waals surface area contributed by atoms with Gasteiger partial charge in [-0.1, -0.05) is 20.8 Å². The summed E-state index contributed by atoms with van der Waals surface area (Å²) in [6.07, 6.45) is 5.62. The molecule has 0 aliphatic heterocycles. The summed E-state index contributed by atoms with van der Waals surface area (Å²) in [5, 5.41) is 4.53. The summed E-state index contributed by atoms with van der Waals surface area (Å²) < 4.78 is 2.01. The second-order valence-corrected chi connectivity index (χ2v) is 5.02. The first-order valence-corrected chi connectivity index (χ1v) is 6.61. The van der Waals surface area contributed by atoms with E-state index in [4.69, 9.17) is 0 Å². The molecule has 0 fully saturated rings. The molecule has 3 heteroatoms. The zero-order valence-corrected chi connectivity index (χ0v) is 11.4. The maximum Gasteiger partial charge on any atom is 0.135 e. The average Bonchev–Trinajstić information content (AvgIpc) is 2.76. The summed E-state index contributed by atoms with van der Waals surface area (Å²) in [6, 6.07) is 2.52. The van der Waals surface area contributed by atoms with Crippen molar-refractivity contribution in [3.8, 4) is 0 Å². The second-order valence-electron chi connectivity index (χ2n) is 5.02. The molecule has 3 nitrogen and oxygen atoms in total. The third kappa shape index (κ3) is 4.33. The van der Waals surface area contributed by atoms with Crippen LogP contribution in [0, 0.1) is 5.92 Å². The van der Waals surface area contributed by atoms with Gasteiger partial charge in [-0.05, 0) is 32.3 Å². The van der Waals surface area contributed by atoms with E-state index in [1.165, 1.54) is 0 Å². The van der Waals surface area contributed by atoms with Gasteiger partial charge in [-0.15, -0.1) is 0 Å². The maximum absolute atomic E-state index is 11.5. The summed E-state index contributed by atoms with van der Waals surface area (Å²) in [4.78, 5) is 11.5.